The Bertz CT molecular complexity index is 2400. The quantitative estimate of drug-likeness (QED) is 0.0209. The van der Waals surface area contributed by atoms with Crippen LogP contribution >= 0.6 is 0 Å². The van der Waals surface area contributed by atoms with Gasteiger partial charge >= 0.3 is 23.9 Å². The van der Waals surface area contributed by atoms with Crippen molar-refractivity contribution in [2.75, 3.05) is 26.4 Å². The van der Waals surface area contributed by atoms with Crippen molar-refractivity contribution in [3.05, 3.63) is 180 Å². The van der Waals surface area contributed by atoms with Gasteiger partial charge in [-0.15, -0.1) is 0 Å². The average molecular weight is 1060 g/mol. The number of unbranched alkanes of at least 4 members (excludes halogenated alkanes) is 16. The Morgan fingerprint density at radius 1 is 0.282 bits per heavy atom. The number of ether oxygens (including phenoxy) is 6. The molecular formula is C68H82O10. The fourth-order valence-electron chi connectivity index (χ4n) is 9.06. The first-order chi connectivity index (χ1) is 38.4. The van der Waals surface area contributed by atoms with Crippen molar-refractivity contribution in [3.63, 3.8) is 0 Å². The lowest BCUT2D eigenvalue weighted by atomic mass is 10.1. The molecule has 0 bridgehead atoms. The molecule has 6 aromatic rings. The van der Waals surface area contributed by atoms with E-state index in [1.165, 1.54) is 36.8 Å². The van der Waals surface area contributed by atoms with Crippen LogP contribution in [0.1, 0.15) is 173 Å². The number of rotatable bonds is 39. The molecule has 0 spiro atoms. The molecule has 0 amide bonds. The van der Waals surface area contributed by atoms with E-state index >= 15 is 0 Å². The van der Waals surface area contributed by atoms with E-state index < -0.39 is 0 Å². The lowest BCUT2D eigenvalue weighted by molar-refractivity contribution is -0.135. The summed E-state index contributed by atoms with van der Waals surface area (Å²) in [5, 5.41) is 0. The average Bonchev–Trinajstić information content (AvgIpc) is 3.47. The highest BCUT2D eigenvalue weighted by Crippen LogP contribution is 2.26. The van der Waals surface area contributed by atoms with Gasteiger partial charge in [-0.1, -0.05) is 162 Å². The van der Waals surface area contributed by atoms with Crippen molar-refractivity contribution in [1.29, 1.82) is 0 Å². The maximum absolute atomic E-state index is 12.5. The third-order valence-electron chi connectivity index (χ3n) is 13.6. The van der Waals surface area contributed by atoms with E-state index in [4.69, 9.17) is 28.4 Å². The molecule has 0 atom stereocenters. The van der Waals surface area contributed by atoms with Crippen molar-refractivity contribution in [2.24, 2.45) is 0 Å². The van der Waals surface area contributed by atoms with Gasteiger partial charge in [-0.25, -0.2) is 9.59 Å². The number of benzene rings is 6. The van der Waals surface area contributed by atoms with Crippen LogP contribution in [0.2, 0.25) is 0 Å². The molecule has 0 aliphatic heterocycles. The van der Waals surface area contributed by atoms with Gasteiger partial charge < -0.3 is 28.4 Å². The summed E-state index contributed by atoms with van der Waals surface area (Å²) in [6.07, 6.45) is 23.0. The summed E-state index contributed by atoms with van der Waals surface area (Å²) in [6.45, 7) is 2.08. The predicted octanol–water partition coefficient (Wildman–Crippen LogP) is 16.7. The zero-order valence-corrected chi connectivity index (χ0v) is 45.9. The van der Waals surface area contributed by atoms with E-state index in [0.717, 1.165) is 138 Å². The molecule has 6 rings (SSSR count). The molecule has 0 unspecified atom stereocenters. The molecule has 0 saturated carbocycles. The second-order valence-electron chi connectivity index (χ2n) is 20.1. The molecule has 78 heavy (non-hydrogen) atoms. The first kappa shape index (κ1) is 60.0. The van der Waals surface area contributed by atoms with Gasteiger partial charge in [0.1, 0.15) is 23.0 Å². The number of carbonyl (C=O) groups is 4. The third-order valence-corrected chi connectivity index (χ3v) is 13.6. The summed E-state index contributed by atoms with van der Waals surface area (Å²) in [5.74, 6) is 1.27. The molecule has 10 nitrogen and oxygen atoms in total. The smallest absolute Gasteiger partial charge is 0.338 e. The molecule has 0 N–H and O–H groups in total. The lowest BCUT2D eigenvalue weighted by Crippen LogP contribution is -2.09. The van der Waals surface area contributed by atoms with E-state index in [1.54, 1.807) is 48.5 Å². The summed E-state index contributed by atoms with van der Waals surface area (Å²) in [5.41, 5.74) is 5.87. The van der Waals surface area contributed by atoms with Crippen LogP contribution in [-0.4, -0.2) is 50.3 Å². The molecule has 0 aromatic heterocycles. The number of hydrogen-bond donors (Lipinski definition) is 0. The minimum Gasteiger partial charge on any atom is -0.494 e. The largest absolute Gasteiger partial charge is 0.494 e. The molecule has 6 aromatic carbocycles. The van der Waals surface area contributed by atoms with Crippen LogP contribution in [0.15, 0.2) is 158 Å². The molecule has 414 valence electrons. The Labute approximate surface area is 464 Å². The van der Waals surface area contributed by atoms with E-state index in [1.807, 2.05) is 36.4 Å². The summed E-state index contributed by atoms with van der Waals surface area (Å²) >= 11 is 0. The van der Waals surface area contributed by atoms with Gasteiger partial charge in [-0.2, -0.15) is 0 Å². The van der Waals surface area contributed by atoms with Gasteiger partial charge in [0.05, 0.1) is 37.6 Å². The number of esters is 4. The van der Waals surface area contributed by atoms with E-state index in [-0.39, 0.29) is 23.9 Å². The van der Waals surface area contributed by atoms with E-state index in [2.05, 4.69) is 72.8 Å². The van der Waals surface area contributed by atoms with Gasteiger partial charge in [-0.05, 0) is 159 Å². The van der Waals surface area contributed by atoms with E-state index in [0.29, 0.717) is 61.9 Å². The first-order valence-electron chi connectivity index (χ1n) is 28.9. The molecule has 0 saturated heterocycles. The second kappa shape index (κ2) is 36.8. The summed E-state index contributed by atoms with van der Waals surface area (Å²) in [6, 6.07) is 50.5. The molecule has 0 aliphatic carbocycles. The van der Waals surface area contributed by atoms with Gasteiger partial charge in [0, 0.05) is 12.8 Å². The van der Waals surface area contributed by atoms with Crippen LogP contribution < -0.4 is 18.9 Å². The molecule has 0 radical (unpaired) electrons. The Balaban J connectivity index is 0.701. The van der Waals surface area contributed by atoms with Gasteiger partial charge in [0.15, 0.2) is 0 Å². The maximum atomic E-state index is 12.5. The van der Waals surface area contributed by atoms with Crippen molar-refractivity contribution < 1.29 is 47.6 Å². The SMILES string of the molecule is O=C(CCCCCCCOc1ccc(-c2ccc(OCCCCCCCC(=O)Oc3ccc(C(=O)OCCCCCCCc4ccccc4)cc3)cc2)cc1)Oc1ccc(C(=O)OCCCCCCCc2ccccc2)cc1. The van der Waals surface area contributed by atoms with Crippen molar-refractivity contribution >= 4 is 23.9 Å². The highest BCUT2D eigenvalue weighted by Gasteiger charge is 2.12. The van der Waals surface area contributed by atoms with Crippen LogP contribution in [0.25, 0.3) is 11.1 Å². The Kier molecular flexibility index (Phi) is 28.3. The highest BCUT2D eigenvalue weighted by atomic mass is 16.5. The summed E-state index contributed by atoms with van der Waals surface area (Å²) in [4.78, 5) is 49.8. The van der Waals surface area contributed by atoms with Gasteiger partial charge in [-0.3, -0.25) is 9.59 Å². The minimum absolute atomic E-state index is 0.273. The van der Waals surface area contributed by atoms with Crippen LogP contribution in [0.5, 0.6) is 23.0 Å². The predicted molar refractivity (Wildman–Crippen MR) is 309 cm³/mol. The highest BCUT2D eigenvalue weighted by molar-refractivity contribution is 5.90. The monoisotopic (exact) mass is 1060 g/mol. The molecule has 0 fully saturated rings. The van der Waals surface area contributed by atoms with E-state index in [9.17, 15) is 19.2 Å². The van der Waals surface area contributed by atoms with Crippen LogP contribution in [0, 0.1) is 0 Å². The van der Waals surface area contributed by atoms with Gasteiger partial charge in [0.2, 0.25) is 0 Å². The van der Waals surface area contributed by atoms with Crippen LogP contribution in [0.3, 0.4) is 0 Å². The van der Waals surface area contributed by atoms with Crippen LogP contribution in [0.4, 0.5) is 0 Å². The molecule has 0 heterocycles. The zero-order chi connectivity index (χ0) is 54.5. The standard InChI is InChI=1S/C68H82O10/c69-65(77-63-47-39-59(40-48-63)67(71)75-53-25-11-1-5-15-27-55-29-17-13-18-30-55)33-21-7-3-9-23-51-73-61-43-35-57(36-44-61)58-37-45-62(46-38-58)74-52-24-10-4-8-22-34-66(70)78-64-49-41-60(42-50-64)68(72)76-54-26-12-2-6-16-28-56-31-19-14-20-32-56/h13-14,17-20,29-32,35-50H,1-12,15-16,21-28,33-34,51-54H2. The van der Waals surface area contributed by atoms with Gasteiger partial charge in [0.25, 0.3) is 0 Å². The Hall–Kier alpha value is -7.20. The van der Waals surface area contributed by atoms with Crippen molar-refractivity contribution in [2.45, 2.75) is 154 Å². The number of carbonyl (C=O) groups excluding carboxylic acids is 4. The van der Waals surface area contributed by atoms with Crippen LogP contribution in [-0.2, 0) is 31.9 Å². The first-order valence-corrected chi connectivity index (χ1v) is 28.9. The summed E-state index contributed by atoms with van der Waals surface area (Å²) < 4.78 is 33.9. The molecule has 10 heteroatoms. The fourth-order valence-corrected chi connectivity index (χ4v) is 9.06. The second-order valence-corrected chi connectivity index (χ2v) is 20.1. The number of aryl methyl sites for hydroxylation is 2. The van der Waals surface area contributed by atoms with Crippen molar-refractivity contribution in [3.8, 4) is 34.1 Å². The maximum Gasteiger partial charge on any atom is 0.338 e. The van der Waals surface area contributed by atoms with Crippen molar-refractivity contribution in [1.82, 2.24) is 0 Å². The lowest BCUT2D eigenvalue weighted by Gasteiger charge is -2.09. The normalized spacial score (nSPS) is 10.9. The summed E-state index contributed by atoms with van der Waals surface area (Å²) in [7, 11) is 0. The zero-order valence-electron chi connectivity index (χ0n) is 45.9. The minimum atomic E-state index is -0.358. The Morgan fingerprint density at radius 3 is 0.962 bits per heavy atom. The molecule has 0 aliphatic rings. The molecular weight excluding hydrogens is 977 g/mol. The Morgan fingerprint density at radius 2 is 0.590 bits per heavy atom. The number of hydrogen-bond acceptors (Lipinski definition) is 10. The fraction of sp³-hybridized carbons (Fsp3) is 0.412. The third kappa shape index (κ3) is 24.9. The topological polar surface area (TPSA) is 124 Å².